The zero-order chi connectivity index (χ0) is 15.0. The summed E-state index contributed by atoms with van der Waals surface area (Å²) in [4.78, 5) is 17.7. The molecule has 0 bridgehead atoms. The Kier molecular flexibility index (Phi) is 3.87. The van der Waals surface area contributed by atoms with E-state index in [9.17, 15) is 4.79 Å². The number of carbonyl (C=O) groups excluding carboxylic acids is 1. The van der Waals surface area contributed by atoms with Gasteiger partial charge in [-0.15, -0.1) is 11.3 Å². The SMILES string of the molecule is CN1CCC(N(C)C(=O)c2cc3cc(N)ccc3s2)CC1. The molecule has 3 rings (SSSR count). The summed E-state index contributed by atoms with van der Waals surface area (Å²) in [6.45, 7) is 2.12. The maximum Gasteiger partial charge on any atom is 0.263 e. The minimum Gasteiger partial charge on any atom is -0.399 e. The van der Waals surface area contributed by atoms with Gasteiger partial charge in [0, 0.05) is 23.5 Å². The second-order valence-electron chi connectivity index (χ2n) is 5.86. The van der Waals surface area contributed by atoms with Gasteiger partial charge < -0.3 is 15.5 Å². The summed E-state index contributed by atoms with van der Waals surface area (Å²) >= 11 is 1.55. The van der Waals surface area contributed by atoms with Crippen molar-refractivity contribution in [2.24, 2.45) is 0 Å². The molecule has 4 nitrogen and oxygen atoms in total. The summed E-state index contributed by atoms with van der Waals surface area (Å²) in [6.07, 6.45) is 2.10. The number of rotatable bonds is 2. The molecular formula is C16H21N3OS. The van der Waals surface area contributed by atoms with Gasteiger partial charge in [0.25, 0.3) is 5.91 Å². The topological polar surface area (TPSA) is 49.6 Å². The summed E-state index contributed by atoms with van der Waals surface area (Å²) in [7, 11) is 4.06. The van der Waals surface area contributed by atoms with Gasteiger partial charge in [0.2, 0.25) is 0 Å². The van der Waals surface area contributed by atoms with E-state index in [1.807, 2.05) is 36.2 Å². The molecule has 1 aromatic heterocycles. The zero-order valence-corrected chi connectivity index (χ0v) is 13.3. The Morgan fingerprint density at radius 1 is 1.33 bits per heavy atom. The maximum atomic E-state index is 12.7. The fraction of sp³-hybridized carbons (Fsp3) is 0.438. The first-order valence-electron chi connectivity index (χ1n) is 7.29. The molecule has 112 valence electrons. The van der Waals surface area contributed by atoms with Crippen LogP contribution in [-0.4, -0.2) is 48.9 Å². The lowest BCUT2D eigenvalue weighted by Gasteiger charge is -2.34. The van der Waals surface area contributed by atoms with E-state index in [1.54, 1.807) is 11.3 Å². The number of nitrogens with two attached hydrogens (primary N) is 1. The molecule has 2 aromatic rings. The fourth-order valence-corrected chi connectivity index (χ4v) is 3.92. The largest absolute Gasteiger partial charge is 0.399 e. The molecule has 0 saturated carbocycles. The summed E-state index contributed by atoms with van der Waals surface area (Å²) in [6, 6.07) is 8.11. The highest BCUT2D eigenvalue weighted by atomic mass is 32.1. The molecule has 1 saturated heterocycles. The van der Waals surface area contributed by atoms with Gasteiger partial charge in [0.05, 0.1) is 4.88 Å². The molecule has 5 heteroatoms. The Balaban J connectivity index is 1.79. The van der Waals surface area contributed by atoms with Crippen LogP contribution in [0.4, 0.5) is 5.69 Å². The van der Waals surface area contributed by atoms with Crippen molar-refractivity contribution in [3.05, 3.63) is 29.1 Å². The molecule has 2 N–H and O–H groups in total. The molecule has 21 heavy (non-hydrogen) atoms. The monoisotopic (exact) mass is 303 g/mol. The molecule has 1 aliphatic rings. The third kappa shape index (κ3) is 2.89. The molecule has 1 aliphatic heterocycles. The van der Waals surface area contributed by atoms with Gasteiger partial charge in [0.1, 0.15) is 0 Å². The number of carbonyl (C=O) groups is 1. The highest BCUT2D eigenvalue weighted by Crippen LogP contribution is 2.29. The van der Waals surface area contributed by atoms with Gasteiger partial charge in [-0.3, -0.25) is 4.79 Å². The van der Waals surface area contributed by atoms with Crippen LogP contribution >= 0.6 is 11.3 Å². The average molecular weight is 303 g/mol. The van der Waals surface area contributed by atoms with Crippen molar-refractivity contribution in [1.82, 2.24) is 9.80 Å². The molecule has 0 atom stereocenters. The van der Waals surface area contributed by atoms with Crippen molar-refractivity contribution in [2.45, 2.75) is 18.9 Å². The number of amides is 1. The van der Waals surface area contributed by atoms with Gasteiger partial charge in [0.15, 0.2) is 0 Å². The summed E-state index contributed by atoms with van der Waals surface area (Å²) in [5.74, 6) is 0.129. The Bertz CT molecular complexity index is 659. The molecule has 1 aromatic carbocycles. The van der Waals surface area contributed by atoms with Crippen LogP contribution in [0.15, 0.2) is 24.3 Å². The second-order valence-corrected chi connectivity index (χ2v) is 6.94. The van der Waals surface area contributed by atoms with E-state index >= 15 is 0 Å². The first-order valence-corrected chi connectivity index (χ1v) is 8.11. The number of hydrogen-bond donors (Lipinski definition) is 1. The Labute approximate surface area is 129 Å². The highest BCUT2D eigenvalue weighted by molar-refractivity contribution is 7.20. The molecule has 1 amide bonds. The average Bonchev–Trinajstić information content (AvgIpc) is 2.89. The fourth-order valence-electron chi connectivity index (χ4n) is 2.89. The van der Waals surface area contributed by atoms with Gasteiger partial charge in [-0.25, -0.2) is 0 Å². The predicted octanol–water partition coefficient (Wildman–Crippen LogP) is 2.65. The number of thiophene rings is 1. The maximum absolute atomic E-state index is 12.7. The zero-order valence-electron chi connectivity index (χ0n) is 12.5. The smallest absolute Gasteiger partial charge is 0.263 e. The van der Waals surface area contributed by atoms with Crippen molar-refractivity contribution in [2.75, 3.05) is 32.9 Å². The van der Waals surface area contributed by atoms with Crippen molar-refractivity contribution >= 4 is 33.0 Å². The second kappa shape index (κ2) is 5.66. The van der Waals surface area contributed by atoms with Crippen LogP contribution in [0.5, 0.6) is 0 Å². The van der Waals surface area contributed by atoms with Crippen molar-refractivity contribution in [1.29, 1.82) is 0 Å². The number of likely N-dealkylation sites (tertiary alicyclic amines) is 1. The number of nitrogen functional groups attached to an aromatic ring is 1. The Hall–Kier alpha value is -1.59. The summed E-state index contributed by atoms with van der Waals surface area (Å²) in [5, 5.41) is 1.06. The molecule has 0 spiro atoms. The summed E-state index contributed by atoms with van der Waals surface area (Å²) < 4.78 is 1.12. The molecular weight excluding hydrogens is 282 g/mol. The standard InChI is InChI=1S/C16H21N3OS/c1-18-7-5-13(6-8-18)19(2)16(20)15-10-11-9-12(17)3-4-14(11)21-15/h3-4,9-10,13H,5-8,17H2,1-2H3. The van der Waals surface area contributed by atoms with Crippen LogP contribution < -0.4 is 5.73 Å². The van der Waals surface area contributed by atoms with Crippen LogP contribution in [0.1, 0.15) is 22.5 Å². The molecule has 0 radical (unpaired) electrons. The van der Waals surface area contributed by atoms with E-state index in [1.165, 1.54) is 0 Å². The number of piperidine rings is 1. The van der Waals surface area contributed by atoms with E-state index in [0.717, 1.165) is 46.6 Å². The van der Waals surface area contributed by atoms with Gasteiger partial charge in [-0.05, 0) is 62.6 Å². The predicted molar refractivity (Wildman–Crippen MR) is 88.8 cm³/mol. The molecule has 2 heterocycles. The Morgan fingerprint density at radius 2 is 2.05 bits per heavy atom. The quantitative estimate of drug-likeness (QED) is 0.868. The van der Waals surface area contributed by atoms with Crippen LogP contribution in [0, 0.1) is 0 Å². The van der Waals surface area contributed by atoms with E-state index in [4.69, 9.17) is 5.73 Å². The van der Waals surface area contributed by atoms with Crippen LogP contribution in [0.2, 0.25) is 0 Å². The third-order valence-electron chi connectivity index (χ3n) is 4.31. The first-order chi connectivity index (χ1) is 10.0. The minimum atomic E-state index is 0.129. The van der Waals surface area contributed by atoms with E-state index in [0.29, 0.717) is 6.04 Å². The van der Waals surface area contributed by atoms with Crippen LogP contribution in [-0.2, 0) is 0 Å². The lowest BCUT2D eigenvalue weighted by molar-refractivity contribution is 0.0664. The molecule has 0 aliphatic carbocycles. The van der Waals surface area contributed by atoms with Gasteiger partial charge in [-0.1, -0.05) is 0 Å². The number of hydrogen-bond acceptors (Lipinski definition) is 4. The number of anilines is 1. The molecule has 1 fully saturated rings. The summed E-state index contributed by atoms with van der Waals surface area (Å²) in [5.41, 5.74) is 6.54. The first kappa shape index (κ1) is 14.4. The molecule has 0 unspecified atom stereocenters. The van der Waals surface area contributed by atoms with Crippen molar-refractivity contribution in [3.63, 3.8) is 0 Å². The number of nitrogens with zero attached hydrogens (tertiary/aromatic N) is 2. The van der Waals surface area contributed by atoms with E-state index in [2.05, 4.69) is 11.9 Å². The van der Waals surface area contributed by atoms with Gasteiger partial charge in [-0.2, -0.15) is 0 Å². The number of fused-ring (bicyclic) bond motifs is 1. The van der Waals surface area contributed by atoms with Crippen molar-refractivity contribution in [3.8, 4) is 0 Å². The van der Waals surface area contributed by atoms with Crippen LogP contribution in [0.25, 0.3) is 10.1 Å². The van der Waals surface area contributed by atoms with Crippen molar-refractivity contribution < 1.29 is 4.79 Å². The minimum absolute atomic E-state index is 0.129. The lowest BCUT2D eigenvalue weighted by atomic mass is 10.0. The lowest BCUT2D eigenvalue weighted by Crippen LogP contribution is -2.44. The third-order valence-corrected chi connectivity index (χ3v) is 5.41. The number of benzene rings is 1. The Morgan fingerprint density at radius 3 is 2.76 bits per heavy atom. The van der Waals surface area contributed by atoms with E-state index < -0.39 is 0 Å². The highest BCUT2D eigenvalue weighted by Gasteiger charge is 2.25. The normalized spacial score (nSPS) is 17.2. The van der Waals surface area contributed by atoms with Gasteiger partial charge >= 0.3 is 0 Å². The van der Waals surface area contributed by atoms with E-state index in [-0.39, 0.29) is 5.91 Å². The van der Waals surface area contributed by atoms with Crippen LogP contribution in [0.3, 0.4) is 0 Å².